The van der Waals surface area contributed by atoms with Crippen LogP contribution in [0.4, 0.5) is 0 Å². The zero-order valence-corrected chi connectivity index (χ0v) is 11.4. The van der Waals surface area contributed by atoms with Crippen LogP contribution in [0.5, 0.6) is 5.75 Å². The summed E-state index contributed by atoms with van der Waals surface area (Å²) in [7, 11) is 0. The summed E-state index contributed by atoms with van der Waals surface area (Å²) in [6.07, 6.45) is 4.70. The van der Waals surface area contributed by atoms with E-state index < -0.39 is 0 Å². The van der Waals surface area contributed by atoms with E-state index in [0.29, 0.717) is 11.5 Å². The number of rotatable bonds is 4. The Morgan fingerprint density at radius 1 is 1.26 bits per heavy atom. The third-order valence-corrected chi connectivity index (χ3v) is 4.25. The van der Waals surface area contributed by atoms with Crippen molar-refractivity contribution in [2.24, 2.45) is 11.8 Å². The Morgan fingerprint density at radius 2 is 1.95 bits per heavy atom. The van der Waals surface area contributed by atoms with Crippen molar-refractivity contribution in [3.63, 3.8) is 0 Å². The molecular formula is C16H22O3. The first kappa shape index (κ1) is 14.1. The summed E-state index contributed by atoms with van der Waals surface area (Å²) in [6.45, 7) is 2.07. The maximum absolute atomic E-state index is 12.4. The highest BCUT2D eigenvalue weighted by Gasteiger charge is 2.26. The lowest BCUT2D eigenvalue weighted by molar-refractivity contribution is 0.0864. The Balaban J connectivity index is 1.99. The molecule has 0 spiro atoms. The molecule has 2 rings (SSSR count). The topological polar surface area (TPSA) is 57.5 Å². The predicted molar refractivity (Wildman–Crippen MR) is 74.3 cm³/mol. The molecule has 0 amide bonds. The fourth-order valence-corrected chi connectivity index (χ4v) is 2.89. The molecule has 1 aromatic carbocycles. The zero-order chi connectivity index (χ0) is 13.8. The molecule has 1 aliphatic rings. The number of ketones is 1. The van der Waals surface area contributed by atoms with Gasteiger partial charge in [-0.15, -0.1) is 0 Å². The zero-order valence-electron chi connectivity index (χ0n) is 11.4. The molecule has 1 saturated carbocycles. The van der Waals surface area contributed by atoms with Crippen LogP contribution in [-0.2, 0) is 0 Å². The number of hydrogen-bond donors (Lipinski definition) is 2. The third kappa shape index (κ3) is 3.35. The van der Waals surface area contributed by atoms with Crippen LogP contribution in [0.1, 0.15) is 48.0 Å². The lowest BCUT2D eigenvalue weighted by Gasteiger charge is -2.27. The van der Waals surface area contributed by atoms with E-state index in [4.69, 9.17) is 5.11 Å². The number of benzene rings is 1. The van der Waals surface area contributed by atoms with E-state index in [9.17, 15) is 9.90 Å². The number of aliphatic hydroxyl groups excluding tert-OH is 1. The second-order valence-electron chi connectivity index (χ2n) is 5.60. The quantitative estimate of drug-likeness (QED) is 0.820. The van der Waals surface area contributed by atoms with Crippen molar-refractivity contribution in [3.05, 3.63) is 29.3 Å². The van der Waals surface area contributed by atoms with Gasteiger partial charge >= 0.3 is 0 Å². The molecule has 0 heterocycles. The van der Waals surface area contributed by atoms with Gasteiger partial charge in [0.15, 0.2) is 5.78 Å². The van der Waals surface area contributed by atoms with Crippen molar-refractivity contribution >= 4 is 5.78 Å². The van der Waals surface area contributed by atoms with Gasteiger partial charge in [0.2, 0.25) is 0 Å². The van der Waals surface area contributed by atoms with Gasteiger partial charge in [-0.05, 0) is 56.6 Å². The van der Waals surface area contributed by atoms with E-state index in [1.165, 1.54) is 0 Å². The first-order chi connectivity index (χ1) is 9.11. The first-order valence-corrected chi connectivity index (χ1v) is 7.06. The van der Waals surface area contributed by atoms with Crippen LogP contribution < -0.4 is 0 Å². The predicted octanol–water partition coefficient (Wildman–Crippen LogP) is 3.07. The molecule has 1 aromatic rings. The van der Waals surface area contributed by atoms with Crippen LogP contribution in [-0.4, -0.2) is 22.6 Å². The maximum Gasteiger partial charge on any atom is 0.166 e. The standard InChI is InChI=1S/C16H22O3/c1-11-2-5-14(10-15(11)18)16(19)13-6-3-12(4-7-13)8-9-17/h2,5,10,12-13,17-18H,3-4,6-9H2,1H3. The van der Waals surface area contributed by atoms with Gasteiger partial charge in [0.1, 0.15) is 5.75 Å². The minimum atomic E-state index is 0.0806. The van der Waals surface area contributed by atoms with Gasteiger partial charge in [0.05, 0.1) is 0 Å². The summed E-state index contributed by atoms with van der Waals surface area (Å²) >= 11 is 0. The number of phenols is 1. The number of phenolic OH excluding ortho intramolecular Hbond substituents is 1. The van der Waals surface area contributed by atoms with Crippen molar-refractivity contribution in [3.8, 4) is 5.75 Å². The second-order valence-corrected chi connectivity index (χ2v) is 5.60. The average molecular weight is 262 g/mol. The van der Waals surface area contributed by atoms with Gasteiger partial charge in [0.25, 0.3) is 0 Å². The van der Waals surface area contributed by atoms with E-state index in [1.807, 2.05) is 6.92 Å². The highest BCUT2D eigenvalue weighted by molar-refractivity contribution is 5.98. The Kier molecular flexibility index (Phi) is 4.59. The van der Waals surface area contributed by atoms with Crippen molar-refractivity contribution in [1.29, 1.82) is 0 Å². The van der Waals surface area contributed by atoms with Crippen molar-refractivity contribution in [2.45, 2.75) is 39.0 Å². The van der Waals surface area contributed by atoms with E-state index in [1.54, 1.807) is 18.2 Å². The normalized spacial score (nSPS) is 23.3. The molecule has 1 fully saturated rings. The maximum atomic E-state index is 12.4. The van der Waals surface area contributed by atoms with E-state index >= 15 is 0 Å². The van der Waals surface area contributed by atoms with Gasteiger partial charge < -0.3 is 10.2 Å². The molecule has 0 unspecified atom stereocenters. The molecule has 19 heavy (non-hydrogen) atoms. The smallest absolute Gasteiger partial charge is 0.166 e. The van der Waals surface area contributed by atoms with E-state index in [0.717, 1.165) is 37.7 Å². The monoisotopic (exact) mass is 262 g/mol. The molecule has 3 nitrogen and oxygen atoms in total. The molecule has 0 radical (unpaired) electrons. The number of aromatic hydroxyl groups is 1. The SMILES string of the molecule is Cc1ccc(C(=O)C2CCC(CCO)CC2)cc1O. The molecule has 1 aliphatic carbocycles. The minimum Gasteiger partial charge on any atom is -0.508 e. The molecular weight excluding hydrogens is 240 g/mol. The molecule has 104 valence electrons. The molecule has 0 saturated heterocycles. The number of carbonyl (C=O) groups is 1. The van der Waals surface area contributed by atoms with E-state index in [-0.39, 0.29) is 24.1 Å². The summed E-state index contributed by atoms with van der Waals surface area (Å²) in [5.74, 6) is 0.995. The Hall–Kier alpha value is -1.35. The highest BCUT2D eigenvalue weighted by Crippen LogP contribution is 2.33. The van der Waals surface area contributed by atoms with Crippen LogP contribution in [0.25, 0.3) is 0 Å². The number of aryl methyl sites for hydroxylation is 1. The highest BCUT2D eigenvalue weighted by atomic mass is 16.3. The third-order valence-electron chi connectivity index (χ3n) is 4.25. The molecule has 2 N–H and O–H groups in total. The first-order valence-electron chi connectivity index (χ1n) is 7.06. The van der Waals surface area contributed by atoms with Crippen LogP contribution >= 0.6 is 0 Å². The van der Waals surface area contributed by atoms with Crippen LogP contribution in [0, 0.1) is 18.8 Å². The summed E-state index contributed by atoms with van der Waals surface area (Å²) in [4.78, 5) is 12.4. The molecule has 3 heteroatoms. The summed E-state index contributed by atoms with van der Waals surface area (Å²) in [5.41, 5.74) is 1.41. The fourth-order valence-electron chi connectivity index (χ4n) is 2.89. The summed E-state index contributed by atoms with van der Waals surface area (Å²) in [6, 6.07) is 5.18. The number of hydrogen-bond acceptors (Lipinski definition) is 3. The lowest BCUT2D eigenvalue weighted by Crippen LogP contribution is -2.22. The molecule has 0 aliphatic heterocycles. The van der Waals surface area contributed by atoms with Gasteiger partial charge in [-0.2, -0.15) is 0 Å². The van der Waals surface area contributed by atoms with Crippen LogP contribution in [0.2, 0.25) is 0 Å². The largest absolute Gasteiger partial charge is 0.508 e. The van der Waals surface area contributed by atoms with Crippen molar-refractivity contribution in [2.75, 3.05) is 6.61 Å². The molecule has 0 atom stereocenters. The second kappa shape index (κ2) is 6.20. The Labute approximate surface area is 114 Å². The lowest BCUT2D eigenvalue weighted by atomic mass is 9.77. The van der Waals surface area contributed by atoms with Crippen LogP contribution in [0.3, 0.4) is 0 Å². The Bertz CT molecular complexity index is 445. The molecule has 0 aromatic heterocycles. The van der Waals surface area contributed by atoms with Gasteiger partial charge in [-0.1, -0.05) is 12.1 Å². The number of carbonyl (C=O) groups excluding carboxylic acids is 1. The van der Waals surface area contributed by atoms with Crippen molar-refractivity contribution in [1.82, 2.24) is 0 Å². The van der Waals surface area contributed by atoms with Gasteiger partial charge in [-0.25, -0.2) is 0 Å². The number of aliphatic hydroxyl groups is 1. The van der Waals surface area contributed by atoms with Crippen LogP contribution in [0.15, 0.2) is 18.2 Å². The van der Waals surface area contributed by atoms with Crippen molar-refractivity contribution < 1.29 is 15.0 Å². The van der Waals surface area contributed by atoms with Gasteiger partial charge in [0, 0.05) is 18.1 Å². The average Bonchev–Trinajstić information content (AvgIpc) is 2.42. The van der Waals surface area contributed by atoms with Gasteiger partial charge in [-0.3, -0.25) is 4.79 Å². The fraction of sp³-hybridized carbons (Fsp3) is 0.562. The Morgan fingerprint density at radius 3 is 2.53 bits per heavy atom. The summed E-state index contributed by atoms with van der Waals surface area (Å²) < 4.78 is 0. The minimum absolute atomic E-state index is 0.0806. The van der Waals surface area contributed by atoms with E-state index in [2.05, 4.69) is 0 Å². The summed E-state index contributed by atoms with van der Waals surface area (Å²) in [5, 5.41) is 18.6. The number of Topliss-reactive ketones (excluding diaryl/α,β-unsaturated/α-hetero) is 1. The molecule has 0 bridgehead atoms.